The Labute approximate surface area is 58.0 Å². The Hall–Kier alpha value is 0.190. The Kier molecular flexibility index (Phi) is 4.23. The van der Waals surface area contributed by atoms with Crippen molar-refractivity contribution in [1.29, 1.82) is 0 Å². The maximum absolute atomic E-state index is 8.29. The minimum absolute atomic E-state index is 0.576. The SMILES string of the molecule is OCC(CO)O[PH](O)(O)O. The Morgan fingerprint density at radius 3 is 1.60 bits per heavy atom. The van der Waals surface area contributed by atoms with Crippen molar-refractivity contribution < 1.29 is 29.4 Å². The second-order valence-electron chi connectivity index (χ2n) is 1.68. The van der Waals surface area contributed by atoms with Crippen LogP contribution in [0.4, 0.5) is 0 Å². The molecule has 0 unspecified atom stereocenters. The van der Waals surface area contributed by atoms with E-state index in [1.54, 1.807) is 0 Å². The van der Waals surface area contributed by atoms with Crippen LogP contribution >= 0.6 is 8.17 Å². The van der Waals surface area contributed by atoms with E-state index in [-0.39, 0.29) is 0 Å². The van der Waals surface area contributed by atoms with E-state index < -0.39 is 27.5 Å². The van der Waals surface area contributed by atoms with E-state index in [0.29, 0.717) is 0 Å². The predicted octanol–water partition coefficient (Wildman–Crippen LogP) is -2.26. The standard InChI is InChI=1S/C3H11O6P/c4-1-3(2-5)9-10(6,7)8/h3-8,10H,1-2H2. The van der Waals surface area contributed by atoms with Gasteiger partial charge in [0.05, 0.1) is 0 Å². The molecule has 0 saturated carbocycles. The van der Waals surface area contributed by atoms with Crippen LogP contribution in [0.25, 0.3) is 0 Å². The van der Waals surface area contributed by atoms with Crippen LogP contribution in [0, 0.1) is 0 Å². The van der Waals surface area contributed by atoms with Crippen LogP contribution in [0.2, 0.25) is 0 Å². The third kappa shape index (κ3) is 5.01. The molecule has 0 aliphatic carbocycles. The van der Waals surface area contributed by atoms with Gasteiger partial charge in [-0.25, -0.2) is 0 Å². The van der Waals surface area contributed by atoms with Gasteiger partial charge in [-0.1, -0.05) is 0 Å². The van der Waals surface area contributed by atoms with Gasteiger partial charge in [0.15, 0.2) is 0 Å². The van der Waals surface area contributed by atoms with Gasteiger partial charge in [-0.3, -0.25) is 0 Å². The fourth-order valence-electron chi connectivity index (χ4n) is 0.356. The molecule has 0 spiro atoms. The number of aliphatic hydroxyl groups excluding tert-OH is 2. The predicted molar refractivity (Wildman–Crippen MR) is 34.0 cm³/mol. The van der Waals surface area contributed by atoms with Gasteiger partial charge in [-0.05, 0) is 0 Å². The van der Waals surface area contributed by atoms with E-state index in [9.17, 15) is 0 Å². The van der Waals surface area contributed by atoms with E-state index >= 15 is 0 Å². The maximum atomic E-state index is 8.29. The molecular weight excluding hydrogens is 163 g/mol. The zero-order chi connectivity index (χ0) is 8.20. The van der Waals surface area contributed by atoms with Crippen molar-refractivity contribution in [3.63, 3.8) is 0 Å². The van der Waals surface area contributed by atoms with Gasteiger partial charge in [0, 0.05) is 0 Å². The van der Waals surface area contributed by atoms with Crippen LogP contribution in [0.5, 0.6) is 0 Å². The van der Waals surface area contributed by atoms with Crippen LogP contribution in [0.15, 0.2) is 0 Å². The van der Waals surface area contributed by atoms with Crippen molar-refractivity contribution in [3.8, 4) is 0 Å². The fraction of sp³-hybridized carbons (Fsp3) is 1.00. The molecule has 0 bridgehead atoms. The number of rotatable bonds is 4. The zero-order valence-corrected chi connectivity index (χ0v) is 6.14. The molecule has 0 aromatic heterocycles. The first kappa shape index (κ1) is 10.2. The summed E-state index contributed by atoms with van der Waals surface area (Å²) in [6.07, 6.45) is -1.13. The molecule has 0 amide bonds. The van der Waals surface area contributed by atoms with Crippen LogP contribution in [-0.4, -0.2) is 44.2 Å². The summed E-state index contributed by atoms with van der Waals surface area (Å²) in [7, 11) is -4.58. The summed E-state index contributed by atoms with van der Waals surface area (Å²) in [6.45, 7) is -1.15. The molecule has 0 rings (SSSR count). The van der Waals surface area contributed by atoms with Crippen molar-refractivity contribution in [2.75, 3.05) is 13.2 Å². The van der Waals surface area contributed by atoms with Gasteiger partial charge in [0.25, 0.3) is 0 Å². The first-order valence-corrected chi connectivity index (χ1v) is 4.31. The van der Waals surface area contributed by atoms with Gasteiger partial charge in [-0.15, -0.1) is 0 Å². The van der Waals surface area contributed by atoms with Gasteiger partial charge >= 0.3 is 56.9 Å². The van der Waals surface area contributed by atoms with Crippen molar-refractivity contribution in [2.45, 2.75) is 6.10 Å². The van der Waals surface area contributed by atoms with Crippen molar-refractivity contribution in [1.82, 2.24) is 0 Å². The Bertz CT molecular complexity index is 85.5. The molecular formula is C3H11O6P. The average Bonchev–Trinajstić information content (AvgIpc) is 1.81. The van der Waals surface area contributed by atoms with Crippen molar-refractivity contribution in [3.05, 3.63) is 0 Å². The molecule has 10 heavy (non-hydrogen) atoms. The second kappa shape index (κ2) is 4.15. The van der Waals surface area contributed by atoms with Crippen molar-refractivity contribution >= 4 is 8.17 Å². The number of hydrogen-bond acceptors (Lipinski definition) is 6. The summed E-state index contributed by atoms with van der Waals surface area (Å²) in [5, 5.41) is 16.6. The molecule has 5 N–H and O–H groups in total. The van der Waals surface area contributed by atoms with Crippen molar-refractivity contribution in [2.24, 2.45) is 0 Å². The number of hydrogen-bond donors (Lipinski definition) is 5. The van der Waals surface area contributed by atoms with E-state index in [4.69, 9.17) is 24.9 Å². The molecule has 0 fully saturated rings. The van der Waals surface area contributed by atoms with Crippen LogP contribution < -0.4 is 0 Å². The van der Waals surface area contributed by atoms with Gasteiger partial charge in [0.1, 0.15) is 0 Å². The summed E-state index contributed by atoms with van der Waals surface area (Å²) >= 11 is 0. The average molecular weight is 174 g/mol. The molecule has 0 aliphatic rings. The van der Waals surface area contributed by atoms with Crippen LogP contribution in [-0.2, 0) is 4.52 Å². The molecule has 6 nitrogen and oxygen atoms in total. The van der Waals surface area contributed by atoms with E-state index in [1.807, 2.05) is 0 Å². The molecule has 64 valence electrons. The fourth-order valence-corrected chi connectivity index (χ4v) is 0.952. The molecule has 0 radical (unpaired) electrons. The van der Waals surface area contributed by atoms with Crippen LogP contribution in [0.3, 0.4) is 0 Å². The van der Waals surface area contributed by atoms with Gasteiger partial charge < -0.3 is 0 Å². The number of aliphatic hydroxyl groups is 2. The van der Waals surface area contributed by atoms with Gasteiger partial charge in [-0.2, -0.15) is 0 Å². The van der Waals surface area contributed by atoms with Crippen LogP contribution in [0.1, 0.15) is 0 Å². The summed E-state index contributed by atoms with van der Waals surface area (Å²) < 4.78 is 4.04. The topological polar surface area (TPSA) is 110 Å². The van der Waals surface area contributed by atoms with E-state index in [1.165, 1.54) is 0 Å². The summed E-state index contributed by atoms with van der Waals surface area (Å²) in [6, 6.07) is 0. The second-order valence-corrected chi connectivity index (χ2v) is 3.06. The first-order chi connectivity index (χ1) is 4.49. The Balaban J connectivity index is 3.63. The Morgan fingerprint density at radius 2 is 1.50 bits per heavy atom. The monoisotopic (exact) mass is 174 g/mol. The van der Waals surface area contributed by atoms with E-state index in [0.717, 1.165) is 0 Å². The van der Waals surface area contributed by atoms with Gasteiger partial charge in [0.2, 0.25) is 0 Å². The first-order valence-electron chi connectivity index (χ1n) is 2.56. The summed E-state index contributed by atoms with van der Waals surface area (Å²) in [4.78, 5) is 24.8. The third-order valence-corrected chi connectivity index (χ3v) is 1.38. The third-order valence-electron chi connectivity index (χ3n) is 0.732. The molecule has 7 heteroatoms. The van der Waals surface area contributed by atoms with E-state index in [2.05, 4.69) is 4.52 Å². The molecule has 0 atom stereocenters. The minimum atomic E-state index is -4.58. The molecule has 0 aromatic rings. The normalized spacial score (nSPS) is 14.2. The molecule has 0 heterocycles. The summed E-state index contributed by atoms with van der Waals surface area (Å²) in [5.41, 5.74) is 0. The summed E-state index contributed by atoms with van der Waals surface area (Å²) in [5.74, 6) is 0. The molecule has 0 saturated heterocycles. The Morgan fingerprint density at radius 1 is 1.10 bits per heavy atom. The quantitative estimate of drug-likeness (QED) is 0.308. The molecule has 0 aliphatic heterocycles. The molecule has 0 aromatic carbocycles. The zero-order valence-electron chi connectivity index (χ0n) is 5.14.